The second-order valence-corrected chi connectivity index (χ2v) is 6.74. The Morgan fingerprint density at radius 1 is 1.07 bits per heavy atom. The van der Waals surface area contributed by atoms with Crippen LogP contribution in [-0.2, 0) is 4.79 Å². The summed E-state index contributed by atoms with van der Waals surface area (Å²) >= 11 is 0. The molecule has 2 aromatic heterocycles. The molecule has 0 radical (unpaired) electrons. The Morgan fingerprint density at radius 3 is 2.59 bits per heavy atom. The number of carbonyl (C=O) groups excluding carboxylic acids is 1. The average molecular weight is 356 g/mol. The lowest BCUT2D eigenvalue weighted by atomic mass is 10.1. The van der Waals surface area contributed by atoms with Crippen LogP contribution in [0.1, 0.15) is 13.8 Å². The fraction of sp³-hybridized carbons (Fsp3) is 0.136. The first-order valence-electron chi connectivity index (χ1n) is 8.91. The van der Waals surface area contributed by atoms with Gasteiger partial charge in [0.05, 0.1) is 23.2 Å². The first-order valence-corrected chi connectivity index (χ1v) is 8.91. The van der Waals surface area contributed by atoms with Crippen LogP contribution in [-0.4, -0.2) is 20.4 Å². The van der Waals surface area contributed by atoms with Gasteiger partial charge < -0.3 is 9.88 Å². The number of nitrogens with one attached hydrogen (secondary N) is 1. The average Bonchev–Trinajstić information content (AvgIpc) is 3.22. The van der Waals surface area contributed by atoms with Crippen LogP contribution in [0.15, 0.2) is 73.3 Å². The third kappa shape index (κ3) is 3.44. The van der Waals surface area contributed by atoms with Crippen molar-refractivity contribution < 1.29 is 4.79 Å². The Bertz CT molecular complexity index is 1090. The Hall–Kier alpha value is -3.47. The number of imidazole rings is 1. The SMILES string of the molecule is CC(C)C(=O)Nc1ccc2nc(-c3ccccc3)cc(-n3ccnc3)c2c1. The highest BCUT2D eigenvalue weighted by atomic mass is 16.1. The lowest BCUT2D eigenvalue weighted by molar-refractivity contribution is -0.118. The summed E-state index contributed by atoms with van der Waals surface area (Å²) in [4.78, 5) is 21.1. The van der Waals surface area contributed by atoms with Crippen LogP contribution in [0, 0.1) is 5.92 Å². The van der Waals surface area contributed by atoms with Crippen molar-refractivity contribution in [1.29, 1.82) is 0 Å². The van der Waals surface area contributed by atoms with E-state index in [2.05, 4.69) is 10.3 Å². The van der Waals surface area contributed by atoms with E-state index in [0.717, 1.165) is 33.5 Å². The maximum absolute atomic E-state index is 12.1. The minimum absolute atomic E-state index is 0.00704. The lowest BCUT2D eigenvalue weighted by Gasteiger charge is -2.13. The standard InChI is InChI=1S/C22H20N4O/c1-15(2)22(27)24-17-8-9-19-18(12-17)21(26-11-10-23-14-26)13-20(25-19)16-6-4-3-5-7-16/h3-15H,1-2H3,(H,24,27). The number of aromatic nitrogens is 3. The fourth-order valence-corrected chi connectivity index (χ4v) is 2.94. The van der Waals surface area contributed by atoms with Gasteiger partial charge in [-0.2, -0.15) is 0 Å². The molecule has 0 aliphatic carbocycles. The van der Waals surface area contributed by atoms with Gasteiger partial charge in [-0.05, 0) is 24.3 Å². The van der Waals surface area contributed by atoms with Gasteiger partial charge in [0.2, 0.25) is 5.91 Å². The van der Waals surface area contributed by atoms with E-state index in [1.165, 1.54) is 0 Å². The third-order valence-corrected chi connectivity index (χ3v) is 4.43. The monoisotopic (exact) mass is 356 g/mol. The second-order valence-electron chi connectivity index (χ2n) is 6.74. The molecule has 5 heteroatoms. The third-order valence-electron chi connectivity index (χ3n) is 4.43. The molecule has 2 heterocycles. The smallest absolute Gasteiger partial charge is 0.226 e. The zero-order valence-corrected chi connectivity index (χ0v) is 15.3. The highest BCUT2D eigenvalue weighted by molar-refractivity contribution is 5.97. The van der Waals surface area contributed by atoms with Crippen LogP contribution in [0.2, 0.25) is 0 Å². The minimum atomic E-state index is -0.0765. The fourth-order valence-electron chi connectivity index (χ4n) is 2.94. The maximum Gasteiger partial charge on any atom is 0.226 e. The van der Waals surface area contributed by atoms with Crippen molar-refractivity contribution in [3.8, 4) is 16.9 Å². The van der Waals surface area contributed by atoms with E-state index in [-0.39, 0.29) is 11.8 Å². The number of nitrogens with zero attached hydrogens (tertiary/aromatic N) is 3. The highest BCUT2D eigenvalue weighted by Gasteiger charge is 2.12. The summed E-state index contributed by atoms with van der Waals surface area (Å²) in [6.45, 7) is 3.75. The molecule has 4 rings (SSSR count). The molecule has 1 amide bonds. The predicted molar refractivity (Wildman–Crippen MR) is 108 cm³/mol. The van der Waals surface area contributed by atoms with Gasteiger partial charge in [-0.15, -0.1) is 0 Å². The van der Waals surface area contributed by atoms with Gasteiger partial charge in [-0.3, -0.25) is 4.79 Å². The van der Waals surface area contributed by atoms with Crippen molar-refractivity contribution in [2.24, 2.45) is 5.92 Å². The van der Waals surface area contributed by atoms with Crippen molar-refractivity contribution in [2.45, 2.75) is 13.8 Å². The first kappa shape index (κ1) is 17.0. The van der Waals surface area contributed by atoms with E-state index in [1.807, 2.05) is 79.2 Å². The van der Waals surface area contributed by atoms with Crippen molar-refractivity contribution in [1.82, 2.24) is 14.5 Å². The van der Waals surface area contributed by atoms with Gasteiger partial charge in [-0.25, -0.2) is 9.97 Å². The van der Waals surface area contributed by atoms with E-state index in [0.29, 0.717) is 0 Å². The molecule has 5 nitrogen and oxygen atoms in total. The predicted octanol–water partition coefficient (Wildman–Crippen LogP) is 4.68. The summed E-state index contributed by atoms with van der Waals surface area (Å²) in [6.07, 6.45) is 5.42. The molecule has 27 heavy (non-hydrogen) atoms. The summed E-state index contributed by atoms with van der Waals surface area (Å²) in [5, 5.41) is 3.91. The van der Waals surface area contributed by atoms with Crippen LogP contribution < -0.4 is 5.32 Å². The molecule has 0 spiro atoms. The Balaban J connectivity index is 1.88. The van der Waals surface area contributed by atoms with Crippen LogP contribution in [0.5, 0.6) is 0 Å². The largest absolute Gasteiger partial charge is 0.326 e. The summed E-state index contributed by atoms with van der Waals surface area (Å²) in [5.74, 6) is -0.0835. The molecular formula is C22H20N4O. The summed E-state index contributed by atoms with van der Waals surface area (Å²) in [5.41, 5.74) is 4.54. The van der Waals surface area contributed by atoms with E-state index < -0.39 is 0 Å². The molecular weight excluding hydrogens is 336 g/mol. The highest BCUT2D eigenvalue weighted by Crippen LogP contribution is 2.29. The molecule has 4 aromatic rings. The Morgan fingerprint density at radius 2 is 1.89 bits per heavy atom. The Labute approximate surface area is 157 Å². The zero-order chi connectivity index (χ0) is 18.8. The molecule has 2 aromatic carbocycles. The van der Waals surface area contributed by atoms with E-state index in [9.17, 15) is 4.79 Å². The first-order chi connectivity index (χ1) is 13.1. The Kier molecular flexibility index (Phi) is 4.42. The molecule has 0 saturated carbocycles. The number of hydrogen-bond acceptors (Lipinski definition) is 3. The molecule has 0 atom stereocenters. The lowest BCUT2D eigenvalue weighted by Crippen LogP contribution is -2.17. The number of carbonyl (C=O) groups is 1. The number of benzene rings is 2. The molecule has 1 N–H and O–H groups in total. The van der Waals surface area contributed by atoms with Crippen molar-refractivity contribution in [2.75, 3.05) is 5.32 Å². The number of pyridine rings is 1. The molecule has 134 valence electrons. The van der Waals surface area contributed by atoms with Gasteiger partial charge >= 0.3 is 0 Å². The molecule has 0 saturated heterocycles. The maximum atomic E-state index is 12.1. The van der Waals surface area contributed by atoms with Crippen LogP contribution in [0.3, 0.4) is 0 Å². The van der Waals surface area contributed by atoms with E-state index in [4.69, 9.17) is 4.98 Å². The number of anilines is 1. The number of hydrogen-bond donors (Lipinski definition) is 1. The number of rotatable bonds is 4. The van der Waals surface area contributed by atoms with Crippen LogP contribution >= 0.6 is 0 Å². The summed E-state index contributed by atoms with van der Waals surface area (Å²) in [7, 11) is 0. The number of amides is 1. The minimum Gasteiger partial charge on any atom is -0.326 e. The van der Waals surface area contributed by atoms with E-state index in [1.54, 1.807) is 12.5 Å². The van der Waals surface area contributed by atoms with Gasteiger partial charge in [0, 0.05) is 34.9 Å². The second kappa shape index (κ2) is 7.03. The molecule has 0 bridgehead atoms. The van der Waals surface area contributed by atoms with Crippen molar-refractivity contribution >= 4 is 22.5 Å². The van der Waals surface area contributed by atoms with Crippen molar-refractivity contribution in [3.05, 3.63) is 73.3 Å². The van der Waals surface area contributed by atoms with Gasteiger partial charge in [0.25, 0.3) is 0 Å². The normalized spacial score (nSPS) is 11.1. The molecule has 0 aliphatic rings. The van der Waals surface area contributed by atoms with Crippen LogP contribution in [0.4, 0.5) is 5.69 Å². The zero-order valence-electron chi connectivity index (χ0n) is 15.3. The van der Waals surface area contributed by atoms with E-state index >= 15 is 0 Å². The summed E-state index contributed by atoms with van der Waals surface area (Å²) in [6, 6.07) is 17.9. The van der Waals surface area contributed by atoms with Crippen molar-refractivity contribution in [3.63, 3.8) is 0 Å². The molecule has 0 unspecified atom stereocenters. The molecule has 0 fully saturated rings. The van der Waals surface area contributed by atoms with Crippen LogP contribution in [0.25, 0.3) is 27.8 Å². The van der Waals surface area contributed by atoms with Gasteiger partial charge in [0.15, 0.2) is 0 Å². The number of fused-ring (bicyclic) bond motifs is 1. The molecule has 0 aliphatic heterocycles. The topological polar surface area (TPSA) is 59.8 Å². The van der Waals surface area contributed by atoms with Gasteiger partial charge in [0.1, 0.15) is 0 Å². The quantitative estimate of drug-likeness (QED) is 0.577. The summed E-state index contributed by atoms with van der Waals surface area (Å²) < 4.78 is 1.96. The van der Waals surface area contributed by atoms with Gasteiger partial charge in [-0.1, -0.05) is 44.2 Å².